The highest BCUT2D eigenvalue weighted by atomic mass is 16.7. The fourth-order valence-electron chi connectivity index (χ4n) is 3.99. The maximum atomic E-state index is 13.0. The van der Waals surface area contributed by atoms with Crippen molar-refractivity contribution in [2.45, 2.75) is 31.0 Å². The third-order valence-electron chi connectivity index (χ3n) is 5.84. The van der Waals surface area contributed by atoms with E-state index >= 15 is 0 Å². The third-order valence-corrected chi connectivity index (χ3v) is 5.84. The molecule has 8 heteroatoms. The zero-order valence-electron chi connectivity index (χ0n) is 19.9. The fourth-order valence-corrected chi connectivity index (χ4v) is 3.99. The summed E-state index contributed by atoms with van der Waals surface area (Å²) in [4.78, 5) is 38.5. The van der Waals surface area contributed by atoms with Crippen molar-refractivity contribution in [2.24, 2.45) is 0 Å². The summed E-state index contributed by atoms with van der Waals surface area (Å²) in [5, 5.41) is 0. The highest BCUT2D eigenvalue weighted by Gasteiger charge is 2.60. The van der Waals surface area contributed by atoms with E-state index in [4.69, 9.17) is 23.7 Å². The Balaban J connectivity index is 1.59. The van der Waals surface area contributed by atoms with Gasteiger partial charge in [0.05, 0.1) is 16.7 Å². The molecule has 0 saturated carbocycles. The van der Waals surface area contributed by atoms with Crippen LogP contribution in [0.25, 0.3) is 0 Å². The highest BCUT2D eigenvalue weighted by Crippen LogP contribution is 2.38. The molecule has 186 valence electrons. The lowest BCUT2D eigenvalue weighted by atomic mass is 9.96. The summed E-state index contributed by atoms with van der Waals surface area (Å²) in [5.41, 5.74) is -0.582. The molecule has 4 rings (SSSR count). The van der Waals surface area contributed by atoms with Crippen molar-refractivity contribution in [1.29, 1.82) is 0 Å². The van der Waals surface area contributed by atoms with Crippen LogP contribution in [0.15, 0.2) is 91.0 Å². The van der Waals surface area contributed by atoms with Crippen LogP contribution in [0.1, 0.15) is 38.0 Å². The molecule has 0 spiro atoms. The van der Waals surface area contributed by atoms with Crippen molar-refractivity contribution in [3.8, 4) is 0 Å². The maximum Gasteiger partial charge on any atom is 0.338 e. The average Bonchev–Trinajstić information content (AvgIpc) is 3.18. The Hall–Kier alpha value is -4.01. The third kappa shape index (κ3) is 5.45. The van der Waals surface area contributed by atoms with E-state index in [1.54, 1.807) is 97.9 Å². The number of esters is 3. The maximum absolute atomic E-state index is 13.0. The van der Waals surface area contributed by atoms with E-state index in [0.29, 0.717) is 16.7 Å². The zero-order chi connectivity index (χ0) is 25.5. The van der Waals surface area contributed by atoms with Gasteiger partial charge in [0.2, 0.25) is 6.29 Å². The molecular formula is C28H26O8. The second-order valence-corrected chi connectivity index (χ2v) is 8.34. The lowest BCUT2D eigenvalue weighted by molar-refractivity contribution is -0.188. The fraction of sp³-hybridized carbons (Fsp3) is 0.250. The van der Waals surface area contributed by atoms with E-state index in [1.165, 1.54) is 7.11 Å². The van der Waals surface area contributed by atoms with Crippen LogP contribution in [0.4, 0.5) is 0 Å². The van der Waals surface area contributed by atoms with Gasteiger partial charge in [-0.25, -0.2) is 14.4 Å². The summed E-state index contributed by atoms with van der Waals surface area (Å²) in [6, 6.07) is 25.2. The molecule has 8 nitrogen and oxygen atoms in total. The second kappa shape index (κ2) is 11.2. The van der Waals surface area contributed by atoms with E-state index in [9.17, 15) is 14.4 Å². The molecule has 4 atom stereocenters. The van der Waals surface area contributed by atoms with Crippen LogP contribution in [0, 0.1) is 0 Å². The second-order valence-electron chi connectivity index (χ2n) is 8.34. The number of benzene rings is 3. The van der Waals surface area contributed by atoms with Gasteiger partial charge < -0.3 is 23.7 Å². The number of carbonyl (C=O) groups excluding carboxylic acids is 3. The van der Waals surface area contributed by atoms with Gasteiger partial charge in [0.25, 0.3) is 0 Å². The van der Waals surface area contributed by atoms with Crippen molar-refractivity contribution < 1.29 is 38.1 Å². The number of hydrogen-bond acceptors (Lipinski definition) is 8. The molecule has 4 unspecified atom stereocenters. The summed E-state index contributed by atoms with van der Waals surface area (Å²) in [6.07, 6.45) is -3.21. The molecule has 1 aliphatic rings. The Labute approximate surface area is 208 Å². The SMILES string of the molecule is COC1OC(COC(=O)c2ccccc2)C(OC(=O)c2ccccc2)C1(C)OC(=O)c1ccccc1. The molecule has 1 saturated heterocycles. The van der Waals surface area contributed by atoms with Gasteiger partial charge in [0.1, 0.15) is 12.7 Å². The first-order chi connectivity index (χ1) is 17.4. The average molecular weight is 491 g/mol. The van der Waals surface area contributed by atoms with Crippen molar-refractivity contribution in [2.75, 3.05) is 13.7 Å². The quantitative estimate of drug-likeness (QED) is 0.345. The highest BCUT2D eigenvalue weighted by molar-refractivity contribution is 5.91. The number of hydrogen-bond donors (Lipinski definition) is 0. The molecule has 3 aromatic rings. The molecule has 1 fully saturated rings. The minimum atomic E-state index is -1.55. The van der Waals surface area contributed by atoms with Gasteiger partial charge >= 0.3 is 17.9 Å². The van der Waals surface area contributed by atoms with Gasteiger partial charge in [-0.05, 0) is 43.3 Å². The number of ether oxygens (including phenoxy) is 5. The van der Waals surface area contributed by atoms with E-state index in [-0.39, 0.29) is 6.61 Å². The predicted molar refractivity (Wildman–Crippen MR) is 128 cm³/mol. The van der Waals surface area contributed by atoms with Gasteiger partial charge in [-0.2, -0.15) is 0 Å². The lowest BCUT2D eigenvalue weighted by Crippen LogP contribution is -2.52. The van der Waals surface area contributed by atoms with Crippen molar-refractivity contribution in [3.05, 3.63) is 108 Å². The summed E-state index contributed by atoms with van der Waals surface area (Å²) in [6.45, 7) is 1.29. The van der Waals surface area contributed by atoms with Crippen LogP contribution in [0.3, 0.4) is 0 Å². The van der Waals surface area contributed by atoms with Gasteiger partial charge in [-0.1, -0.05) is 54.6 Å². The van der Waals surface area contributed by atoms with Gasteiger partial charge in [0, 0.05) is 7.11 Å². The normalized spacial score (nSPS) is 23.0. The Bertz CT molecular complexity index is 1180. The number of methoxy groups -OCH3 is 1. The van der Waals surface area contributed by atoms with Gasteiger partial charge in [0.15, 0.2) is 11.7 Å². The van der Waals surface area contributed by atoms with Gasteiger partial charge in [-0.3, -0.25) is 0 Å². The van der Waals surface area contributed by atoms with E-state index in [0.717, 1.165) is 0 Å². The smallest absolute Gasteiger partial charge is 0.338 e. The van der Waals surface area contributed by atoms with Crippen molar-refractivity contribution in [1.82, 2.24) is 0 Å². The summed E-state index contributed by atoms with van der Waals surface area (Å²) < 4.78 is 28.5. The molecule has 1 aliphatic heterocycles. The summed E-state index contributed by atoms with van der Waals surface area (Å²) in [5.74, 6) is -1.87. The number of carbonyl (C=O) groups is 3. The summed E-state index contributed by atoms with van der Waals surface area (Å²) in [7, 11) is 1.38. The molecule has 3 aromatic carbocycles. The minimum Gasteiger partial charge on any atom is -0.459 e. The van der Waals surface area contributed by atoms with Crippen LogP contribution in [0.5, 0.6) is 0 Å². The minimum absolute atomic E-state index is 0.265. The van der Waals surface area contributed by atoms with Crippen LogP contribution < -0.4 is 0 Å². The molecule has 1 heterocycles. The van der Waals surface area contributed by atoms with Crippen molar-refractivity contribution >= 4 is 17.9 Å². The molecule has 0 amide bonds. The molecule has 0 bridgehead atoms. The number of rotatable bonds is 8. The standard InChI is InChI=1S/C28H26O8/c1-28(36-26(31)21-16-10-5-11-17-21)23(35-25(30)20-14-8-4-9-15-20)22(34-27(28)32-2)18-33-24(29)19-12-6-3-7-13-19/h3-17,22-23,27H,18H2,1-2H3. The predicted octanol–water partition coefficient (Wildman–Crippen LogP) is 4.06. The van der Waals surface area contributed by atoms with Gasteiger partial charge in [-0.15, -0.1) is 0 Å². The van der Waals surface area contributed by atoms with Crippen LogP contribution in [-0.2, 0) is 23.7 Å². The first kappa shape index (κ1) is 25.1. The van der Waals surface area contributed by atoms with Crippen LogP contribution in [-0.4, -0.2) is 55.7 Å². The molecule has 0 aromatic heterocycles. The summed E-state index contributed by atoms with van der Waals surface area (Å²) >= 11 is 0. The first-order valence-corrected chi connectivity index (χ1v) is 11.4. The van der Waals surface area contributed by atoms with E-state index < -0.39 is 42.0 Å². The Morgan fingerprint density at radius 3 is 1.72 bits per heavy atom. The zero-order valence-corrected chi connectivity index (χ0v) is 19.9. The van der Waals surface area contributed by atoms with E-state index in [1.807, 2.05) is 0 Å². The van der Waals surface area contributed by atoms with Crippen LogP contribution >= 0.6 is 0 Å². The Kier molecular flexibility index (Phi) is 7.77. The molecular weight excluding hydrogens is 464 g/mol. The van der Waals surface area contributed by atoms with E-state index in [2.05, 4.69) is 0 Å². The molecule has 0 N–H and O–H groups in total. The first-order valence-electron chi connectivity index (χ1n) is 11.4. The Morgan fingerprint density at radius 1 is 0.750 bits per heavy atom. The van der Waals surface area contributed by atoms with Crippen molar-refractivity contribution in [3.63, 3.8) is 0 Å². The topological polar surface area (TPSA) is 97.4 Å². The monoisotopic (exact) mass is 490 g/mol. The Morgan fingerprint density at radius 2 is 1.22 bits per heavy atom. The molecule has 0 aliphatic carbocycles. The largest absolute Gasteiger partial charge is 0.459 e. The molecule has 36 heavy (non-hydrogen) atoms. The molecule has 0 radical (unpaired) electrons. The van der Waals surface area contributed by atoms with Crippen LogP contribution in [0.2, 0.25) is 0 Å². The lowest BCUT2D eigenvalue weighted by Gasteiger charge is -2.33.